The van der Waals surface area contributed by atoms with Crippen LogP contribution in [0.1, 0.15) is 10.4 Å². The summed E-state index contributed by atoms with van der Waals surface area (Å²) in [5.74, 6) is 0.181. The maximum Gasteiger partial charge on any atom is 0.257 e. The number of ether oxygens (including phenoxy) is 2. The lowest BCUT2D eigenvalue weighted by atomic mass is 10.1. The smallest absolute Gasteiger partial charge is 0.257 e. The van der Waals surface area contributed by atoms with Crippen molar-refractivity contribution in [1.29, 1.82) is 0 Å². The van der Waals surface area contributed by atoms with Crippen LogP contribution < -0.4 is 4.74 Å². The summed E-state index contributed by atoms with van der Waals surface area (Å²) in [4.78, 5) is 13.9. The van der Waals surface area contributed by atoms with Crippen molar-refractivity contribution in [2.75, 3.05) is 27.4 Å². The van der Waals surface area contributed by atoms with Crippen LogP contribution in [0.15, 0.2) is 18.2 Å². The molecule has 5 nitrogen and oxygen atoms in total. The molecule has 1 aliphatic heterocycles. The van der Waals surface area contributed by atoms with Crippen molar-refractivity contribution in [3.05, 3.63) is 28.8 Å². The molecule has 1 aromatic rings. The van der Waals surface area contributed by atoms with E-state index in [4.69, 9.17) is 21.1 Å². The first-order chi connectivity index (χ1) is 9.04. The van der Waals surface area contributed by atoms with Crippen LogP contribution in [0.5, 0.6) is 5.75 Å². The van der Waals surface area contributed by atoms with E-state index in [-0.39, 0.29) is 18.6 Å². The molecule has 0 bridgehead atoms. The number of nitrogens with zero attached hydrogens (tertiary/aromatic N) is 1. The van der Waals surface area contributed by atoms with Crippen molar-refractivity contribution >= 4 is 17.5 Å². The van der Waals surface area contributed by atoms with Crippen LogP contribution in [0.4, 0.5) is 0 Å². The predicted molar refractivity (Wildman–Crippen MR) is 70.7 cm³/mol. The van der Waals surface area contributed by atoms with E-state index in [1.165, 1.54) is 12.0 Å². The Kier molecular flexibility index (Phi) is 4.29. The van der Waals surface area contributed by atoms with Gasteiger partial charge >= 0.3 is 0 Å². The van der Waals surface area contributed by atoms with Gasteiger partial charge in [-0.15, -0.1) is 0 Å². The van der Waals surface area contributed by atoms with Gasteiger partial charge in [0.05, 0.1) is 38.0 Å². The molecule has 0 radical (unpaired) electrons. The quantitative estimate of drug-likeness (QED) is 0.906. The van der Waals surface area contributed by atoms with Crippen LogP contribution in [0.3, 0.4) is 0 Å². The van der Waals surface area contributed by atoms with Crippen molar-refractivity contribution in [1.82, 2.24) is 4.90 Å². The van der Waals surface area contributed by atoms with Gasteiger partial charge < -0.3 is 19.5 Å². The monoisotopic (exact) mass is 285 g/mol. The topological polar surface area (TPSA) is 59.0 Å². The van der Waals surface area contributed by atoms with Gasteiger partial charge in [0.1, 0.15) is 5.75 Å². The van der Waals surface area contributed by atoms with Gasteiger partial charge in [-0.1, -0.05) is 11.6 Å². The summed E-state index contributed by atoms with van der Waals surface area (Å²) in [5, 5.41) is 10.3. The summed E-state index contributed by atoms with van der Waals surface area (Å²) < 4.78 is 10.3. The Morgan fingerprint density at radius 2 is 2.26 bits per heavy atom. The van der Waals surface area contributed by atoms with E-state index in [0.29, 0.717) is 22.9 Å². The van der Waals surface area contributed by atoms with Crippen LogP contribution in [-0.2, 0) is 4.74 Å². The first kappa shape index (κ1) is 14.1. The molecule has 1 N–H and O–H groups in total. The van der Waals surface area contributed by atoms with Gasteiger partial charge in [0.2, 0.25) is 0 Å². The molecule has 1 heterocycles. The molecular weight excluding hydrogens is 270 g/mol. The number of likely N-dealkylation sites (N-methyl/N-ethyl adjacent to an activating group) is 1. The molecule has 104 valence electrons. The van der Waals surface area contributed by atoms with Crippen LogP contribution >= 0.6 is 11.6 Å². The Balaban J connectivity index is 2.23. The summed E-state index contributed by atoms with van der Waals surface area (Å²) in [5.41, 5.74) is 0.411. The van der Waals surface area contributed by atoms with Crippen molar-refractivity contribution in [3.63, 3.8) is 0 Å². The highest BCUT2D eigenvalue weighted by molar-refractivity contribution is 6.30. The molecule has 0 spiro atoms. The normalized spacial score (nSPS) is 22.3. The second-order valence-corrected chi connectivity index (χ2v) is 4.87. The molecule has 2 rings (SSSR count). The van der Waals surface area contributed by atoms with E-state index < -0.39 is 6.10 Å². The Morgan fingerprint density at radius 1 is 1.53 bits per heavy atom. The lowest BCUT2D eigenvalue weighted by Gasteiger charge is -2.26. The Hall–Kier alpha value is -1.30. The third-order valence-electron chi connectivity index (χ3n) is 3.23. The molecule has 6 heteroatoms. The highest BCUT2D eigenvalue weighted by atomic mass is 35.5. The van der Waals surface area contributed by atoms with Gasteiger partial charge in [0.15, 0.2) is 0 Å². The number of halogens is 1. The average molecular weight is 286 g/mol. The molecule has 1 fully saturated rings. The minimum absolute atomic E-state index is 0.233. The third kappa shape index (κ3) is 2.83. The lowest BCUT2D eigenvalue weighted by Crippen LogP contribution is -2.44. The molecule has 0 aromatic heterocycles. The highest BCUT2D eigenvalue weighted by Gasteiger charge is 2.33. The molecule has 1 saturated heterocycles. The van der Waals surface area contributed by atoms with E-state index in [9.17, 15) is 9.90 Å². The first-order valence-corrected chi connectivity index (χ1v) is 6.29. The van der Waals surface area contributed by atoms with Crippen LogP contribution in [0.25, 0.3) is 0 Å². The number of methoxy groups -OCH3 is 1. The lowest BCUT2D eigenvalue weighted by molar-refractivity contribution is 0.0578. The summed E-state index contributed by atoms with van der Waals surface area (Å²) in [6, 6.07) is 4.49. The zero-order valence-corrected chi connectivity index (χ0v) is 11.6. The second-order valence-electron chi connectivity index (χ2n) is 4.43. The number of carbonyl (C=O) groups is 1. The number of hydrogen-bond acceptors (Lipinski definition) is 4. The molecule has 0 saturated carbocycles. The fourth-order valence-corrected chi connectivity index (χ4v) is 2.25. The van der Waals surface area contributed by atoms with Crippen molar-refractivity contribution in [3.8, 4) is 5.75 Å². The van der Waals surface area contributed by atoms with Gasteiger partial charge in [0, 0.05) is 12.1 Å². The summed E-state index contributed by atoms with van der Waals surface area (Å²) in [6.07, 6.45) is -0.660. The Bertz CT molecular complexity index is 480. The molecular formula is C13H16ClNO4. The molecule has 1 aromatic carbocycles. The number of carbonyl (C=O) groups excluding carboxylic acids is 1. The zero-order chi connectivity index (χ0) is 14.0. The minimum atomic E-state index is -0.660. The minimum Gasteiger partial charge on any atom is -0.496 e. The van der Waals surface area contributed by atoms with E-state index >= 15 is 0 Å². The van der Waals surface area contributed by atoms with Crippen LogP contribution in [-0.4, -0.2) is 55.4 Å². The fourth-order valence-electron chi connectivity index (χ4n) is 2.08. The number of benzene rings is 1. The first-order valence-electron chi connectivity index (χ1n) is 5.91. The number of aliphatic hydroxyl groups excluding tert-OH is 1. The average Bonchev–Trinajstić information content (AvgIpc) is 2.83. The van der Waals surface area contributed by atoms with Crippen LogP contribution in [0.2, 0.25) is 5.02 Å². The van der Waals surface area contributed by atoms with E-state index in [1.54, 1.807) is 25.2 Å². The van der Waals surface area contributed by atoms with Crippen molar-refractivity contribution < 1.29 is 19.4 Å². The Labute approximate surface area is 116 Å². The highest BCUT2D eigenvalue weighted by Crippen LogP contribution is 2.25. The maximum absolute atomic E-state index is 12.4. The van der Waals surface area contributed by atoms with Crippen molar-refractivity contribution in [2.24, 2.45) is 0 Å². The van der Waals surface area contributed by atoms with Crippen LogP contribution in [0, 0.1) is 0 Å². The number of amides is 1. The maximum atomic E-state index is 12.4. The summed E-state index contributed by atoms with van der Waals surface area (Å²) in [6.45, 7) is 0.583. The fraction of sp³-hybridized carbons (Fsp3) is 0.462. The van der Waals surface area contributed by atoms with Gasteiger partial charge in [-0.2, -0.15) is 0 Å². The summed E-state index contributed by atoms with van der Waals surface area (Å²) >= 11 is 5.87. The molecule has 1 aliphatic rings. The Morgan fingerprint density at radius 3 is 2.84 bits per heavy atom. The molecule has 2 atom stereocenters. The second kappa shape index (κ2) is 5.77. The third-order valence-corrected chi connectivity index (χ3v) is 3.47. The molecule has 0 unspecified atom stereocenters. The number of aliphatic hydroxyl groups is 1. The van der Waals surface area contributed by atoms with Gasteiger partial charge in [-0.3, -0.25) is 4.79 Å². The van der Waals surface area contributed by atoms with Gasteiger partial charge in [-0.25, -0.2) is 0 Å². The van der Waals surface area contributed by atoms with E-state index in [0.717, 1.165) is 0 Å². The van der Waals surface area contributed by atoms with E-state index in [2.05, 4.69) is 0 Å². The van der Waals surface area contributed by atoms with Crippen molar-refractivity contribution in [2.45, 2.75) is 12.1 Å². The van der Waals surface area contributed by atoms with E-state index in [1.807, 2.05) is 0 Å². The molecule has 0 aliphatic carbocycles. The largest absolute Gasteiger partial charge is 0.496 e. The molecule has 1 amide bonds. The standard InChI is InChI=1S/C13H16ClNO4/c1-15(10-6-19-7-11(10)16)13(17)9-4-3-8(14)5-12(9)18-2/h3-5,10-11,16H,6-7H2,1-2H3/t10-,11-/m1/s1. The van der Waals surface area contributed by atoms with Gasteiger partial charge in [-0.05, 0) is 18.2 Å². The zero-order valence-electron chi connectivity index (χ0n) is 10.8. The number of hydrogen-bond donors (Lipinski definition) is 1. The van der Waals surface area contributed by atoms with Gasteiger partial charge in [0.25, 0.3) is 5.91 Å². The summed E-state index contributed by atoms with van der Waals surface area (Å²) in [7, 11) is 3.12. The predicted octanol–water partition coefficient (Wildman–Crippen LogP) is 1.18. The number of rotatable bonds is 3. The molecule has 19 heavy (non-hydrogen) atoms. The SMILES string of the molecule is COc1cc(Cl)ccc1C(=O)N(C)[C@@H]1COC[C@H]1O.